The monoisotopic (exact) mass is 295 g/mol. The fourth-order valence-electron chi connectivity index (χ4n) is 1.66. The molecule has 4 nitrogen and oxygen atoms in total. The van der Waals surface area contributed by atoms with Gasteiger partial charge in [0.25, 0.3) is 0 Å². The first-order valence-electron chi connectivity index (χ1n) is 6.44. The molecule has 1 aromatic carbocycles. The summed E-state index contributed by atoms with van der Waals surface area (Å²) in [6.45, 7) is 7.66. The average molecular weight is 295 g/mol. The third-order valence-corrected chi connectivity index (χ3v) is 3.58. The van der Waals surface area contributed by atoms with Crippen LogP contribution in [0.3, 0.4) is 0 Å². The van der Waals surface area contributed by atoms with E-state index >= 15 is 0 Å². The standard InChI is InChI=1S/C13H19N3OS.C2H6/c1-7(6-11(14)15)12(16)9-4-5-10(18-3)8(2)13(9)17;1-2/h4-6,17H,14-16H2,1-3H3;1-2H3/b12-7-;. The van der Waals surface area contributed by atoms with E-state index < -0.39 is 0 Å². The van der Waals surface area contributed by atoms with Crippen LogP contribution in [0.15, 0.2) is 34.5 Å². The SMILES string of the molecule is CC.CSc1ccc(/C(N)=C(\C)C=C(N)N)c(O)c1C. The number of phenolic OH excluding ortho intramolecular Hbond substituents is 1. The van der Waals surface area contributed by atoms with Gasteiger partial charge in [-0.05, 0) is 43.9 Å². The predicted molar refractivity (Wildman–Crippen MR) is 89.2 cm³/mol. The first-order valence-corrected chi connectivity index (χ1v) is 7.66. The molecule has 0 atom stereocenters. The molecule has 0 aromatic heterocycles. The molecule has 0 radical (unpaired) electrons. The smallest absolute Gasteiger partial charge is 0.128 e. The Labute approximate surface area is 125 Å². The zero-order valence-electron chi connectivity index (χ0n) is 12.8. The van der Waals surface area contributed by atoms with Crippen LogP contribution < -0.4 is 17.2 Å². The molecular formula is C15H25N3OS. The van der Waals surface area contributed by atoms with Crippen LogP contribution in [0.2, 0.25) is 0 Å². The van der Waals surface area contributed by atoms with E-state index in [1.54, 1.807) is 30.8 Å². The lowest BCUT2D eigenvalue weighted by Gasteiger charge is -2.12. The van der Waals surface area contributed by atoms with E-state index in [1.807, 2.05) is 33.1 Å². The van der Waals surface area contributed by atoms with E-state index in [2.05, 4.69) is 0 Å². The number of phenols is 1. The summed E-state index contributed by atoms with van der Waals surface area (Å²) in [6, 6.07) is 3.73. The van der Waals surface area contributed by atoms with Gasteiger partial charge in [-0.15, -0.1) is 11.8 Å². The minimum absolute atomic E-state index is 0.187. The molecule has 20 heavy (non-hydrogen) atoms. The quantitative estimate of drug-likeness (QED) is 0.507. The highest BCUT2D eigenvalue weighted by Gasteiger charge is 2.11. The van der Waals surface area contributed by atoms with Crippen molar-refractivity contribution in [1.29, 1.82) is 0 Å². The Morgan fingerprint density at radius 1 is 1.20 bits per heavy atom. The van der Waals surface area contributed by atoms with E-state index in [4.69, 9.17) is 17.2 Å². The molecule has 7 N–H and O–H groups in total. The Morgan fingerprint density at radius 2 is 1.75 bits per heavy atom. The van der Waals surface area contributed by atoms with E-state index in [1.165, 1.54) is 0 Å². The van der Waals surface area contributed by atoms with Gasteiger partial charge in [0.2, 0.25) is 0 Å². The Balaban J connectivity index is 0.00000172. The van der Waals surface area contributed by atoms with Crippen molar-refractivity contribution < 1.29 is 5.11 Å². The topological polar surface area (TPSA) is 98.3 Å². The molecular weight excluding hydrogens is 270 g/mol. The van der Waals surface area contributed by atoms with Gasteiger partial charge in [-0.3, -0.25) is 0 Å². The van der Waals surface area contributed by atoms with Gasteiger partial charge < -0.3 is 22.3 Å². The van der Waals surface area contributed by atoms with Crippen LogP contribution in [0.25, 0.3) is 5.70 Å². The van der Waals surface area contributed by atoms with Crippen molar-refractivity contribution in [2.75, 3.05) is 6.26 Å². The van der Waals surface area contributed by atoms with Gasteiger partial charge in [0, 0.05) is 21.7 Å². The Kier molecular flexibility index (Phi) is 7.69. The van der Waals surface area contributed by atoms with Crippen molar-refractivity contribution in [1.82, 2.24) is 0 Å². The van der Waals surface area contributed by atoms with Gasteiger partial charge in [0.1, 0.15) is 5.75 Å². The maximum atomic E-state index is 10.2. The Bertz CT molecular complexity index is 518. The van der Waals surface area contributed by atoms with Crippen molar-refractivity contribution in [3.63, 3.8) is 0 Å². The van der Waals surface area contributed by atoms with E-state index in [0.29, 0.717) is 11.3 Å². The average Bonchev–Trinajstić information content (AvgIpc) is 2.42. The highest BCUT2D eigenvalue weighted by atomic mass is 32.2. The highest BCUT2D eigenvalue weighted by Crippen LogP contribution is 2.33. The number of allylic oxidation sites excluding steroid dienone is 2. The lowest BCUT2D eigenvalue weighted by molar-refractivity contribution is 0.467. The zero-order valence-corrected chi connectivity index (χ0v) is 13.6. The Morgan fingerprint density at radius 3 is 2.20 bits per heavy atom. The molecule has 5 heteroatoms. The fraction of sp³-hybridized carbons (Fsp3) is 0.333. The van der Waals surface area contributed by atoms with E-state index in [9.17, 15) is 5.11 Å². The van der Waals surface area contributed by atoms with Gasteiger partial charge in [0.15, 0.2) is 0 Å². The number of aromatic hydroxyl groups is 1. The van der Waals surface area contributed by atoms with Gasteiger partial charge >= 0.3 is 0 Å². The number of nitrogens with two attached hydrogens (primary N) is 3. The number of thioether (sulfide) groups is 1. The lowest BCUT2D eigenvalue weighted by atomic mass is 10.0. The molecule has 0 amide bonds. The third kappa shape index (κ3) is 4.42. The first kappa shape index (κ1) is 18.2. The summed E-state index contributed by atoms with van der Waals surface area (Å²) in [5.41, 5.74) is 19.4. The molecule has 0 unspecified atom stereocenters. The lowest BCUT2D eigenvalue weighted by Crippen LogP contribution is -2.09. The van der Waals surface area contributed by atoms with Crippen molar-refractivity contribution >= 4 is 17.5 Å². The summed E-state index contributed by atoms with van der Waals surface area (Å²) in [7, 11) is 0. The molecule has 0 saturated carbocycles. The summed E-state index contributed by atoms with van der Waals surface area (Å²) in [4.78, 5) is 1.02. The molecule has 0 spiro atoms. The minimum Gasteiger partial charge on any atom is -0.507 e. The second kappa shape index (κ2) is 8.43. The normalized spacial score (nSPS) is 11.1. The second-order valence-corrected chi connectivity index (χ2v) is 4.88. The predicted octanol–water partition coefficient (Wildman–Crippen LogP) is 2.90. The van der Waals surface area contributed by atoms with E-state index in [0.717, 1.165) is 16.0 Å². The van der Waals surface area contributed by atoms with Crippen molar-refractivity contribution in [3.05, 3.63) is 40.7 Å². The molecule has 0 aliphatic rings. The third-order valence-electron chi connectivity index (χ3n) is 2.70. The van der Waals surface area contributed by atoms with Gasteiger partial charge in [-0.25, -0.2) is 0 Å². The van der Waals surface area contributed by atoms with Crippen LogP contribution in [0.5, 0.6) is 5.75 Å². The number of hydrogen-bond acceptors (Lipinski definition) is 5. The summed E-state index contributed by atoms with van der Waals surface area (Å²) in [5, 5.41) is 10.2. The summed E-state index contributed by atoms with van der Waals surface area (Å²) in [6.07, 6.45) is 3.54. The molecule has 0 bridgehead atoms. The summed E-state index contributed by atoms with van der Waals surface area (Å²) in [5.74, 6) is 0.384. The van der Waals surface area contributed by atoms with Crippen molar-refractivity contribution in [2.24, 2.45) is 17.2 Å². The zero-order chi connectivity index (χ0) is 15.9. The molecule has 0 fully saturated rings. The largest absolute Gasteiger partial charge is 0.507 e. The van der Waals surface area contributed by atoms with Crippen LogP contribution in [-0.2, 0) is 0 Å². The fourth-order valence-corrected chi connectivity index (χ4v) is 2.27. The number of hydrogen-bond donors (Lipinski definition) is 4. The van der Waals surface area contributed by atoms with Gasteiger partial charge in [-0.2, -0.15) is 0 Å². The maximum Gasteiger partial charge on any atom is 0.128 e. The van der Waals surface area contributed by atoms with Gasteiger partial charge in [-0.1, -0.05) is 13.8 Å². The molecule has 1 aromatic rings. The maximum absolute atomic E-state index is 10.2. The van der Waals surface area contributed by atoms with Crippen LogP contribution >= 0.6 is 11.8 Å². The van der Waals surface area contributed by atoms with Crippen LogP contribution in [-0.4, -0.2) is 11.4 Å². The molecule has 0 saturated heterocycles. The molecule has 112 valence electrons. The van der Waals surface area contributed by atoms with E-state index in [-0.39, 0.29) is 11.6 Å². The van der Waals surface area contributed by atoms with Gasteiger partial charge in [0.05, 0.1) is 5.82 Å². The summed E-state index contributed by atoms with van der Waals surface area (Å²) >= 11 is 1.58. The van der Waals surface area contributed by atoms with Crippen molar-refractivity contribution in [3.8, 4) is 5.75 Å². The molecule has 0 aliphatic carbocycles. The first-order chi connectivity index (χ1) is 9.38. The number of benzene rings is 1. The highest BCUT2D eigenvalue weighted by molar-refractivity contribution is 7.98. The molecule has 0 heterocycles. The second-order valence-electron chi connectivity index (χ2n) is 4.03. The summed E-state index contributed by atoms with van der Waals surface area (Å²) < 4.78 is 0. The molecule has 0 aliphatic heterocycles. The number of rotatable bonds is 3. The van der Waals surface area contributed by atoms with Crippen LogP contribution in [0.1, 0.15) is 31.9 Å². The van der Waals surface area contributed by atoms with Crippen LogP contribution in [0.4, 0.5) is 0 Å². The van der Waals surface area contributed by atoms with Crippen LogP contribution in [0, 0.1) is 6.92 Å². The van der Waals surface area contributed by atoms with Crippen molar-refractivity contribution in [2.45, 2.75) is 32.6 Å². The minimum atomic E-state index is 0.187. The molecule has 1 rings (SSSR count). The Hall–Kier alpha value is -1.75.